The summed E-state index contributed by atoms with van der Waals surface area (Å²) in [7, 11) is 0. The molecular formula is H2CrKMnO4. The summed E-state index contributed by atoms with van der Waals surface area (Å²) < 4.78 is 33.1. The van der Waals surface area contributed by atoms with Gasteiger partial charge in [0.05, 0.1) is 0 Å². The fraction of sp³-hybridized carbons (Fsp3) is 0. The summed E-state index contributed by atoms with van der Waals surface area (Å²) in [6, 6.07) is 0. The maximum absolute atomic E-state index is 8.69. The van der Waals surface area contributed by atoms with Gasteiger partial charge in [0, 0.05) is 17.4 Å². The van der Waals surface area contributed by atoms with Crippen LogP contribution in [0.25, 0.3) is 0 Å². The van der Waals surface area contributed by atoms with Gasteiger partial charge in [-0.2, -0.15) is 0 Å². The maximum atomic E-state index is 8.69. The molecule has 0 fully saturated rings. The van der Waals surface area contributed by atoms with Crippen LogP contribution >= 0.6 is 0 Å². The van der Waals surface area contributed by atoms with E-state index < -0.39 is 13.0 Å². The molecule has 0 aliphatic carbocycles. The van der Waals surface area contributed by atoms with Crippen molar-refractivity contribution in [3.8, 4) is 0 Å². The summed E-state index contributed by atoms with van der Waals surface area (Å²) in [4.78, 5) is 0. The first-order valence-corrected chi connectivity index (χ1v) is 2.61. The molecule has 0 rings (SSSR count). The van der Waals surface area contributed by atoms with Crippen molar-refractivity contribution in [2.45, 2.75) is 0 Å². The van der Waals surface area contributed by atoms with E-state index in [1.165, 1.54) is 0 Å². The molecule has 0 radical (unpaired) electrons. The van der Waals surface area contributed by atoms with E-state index in [9.17, 15) is 0 Å². The van der Waals surface area contributed by atoms with Gasteiger partial charge in [-0.05, 0) is 0 Å². The summed E-state index contributed by atoms with van der Waals surface area (Å²) in [5, 5.41) is 0. The van der Waals surface area contributed by atoms with Crippen LogP contribution in [0.5, 0.6) is 0 Å². The van der Waals surface area contributed by atoms with Gasteiger partial charge >= 0.3 is 80.0 Å². The van der Waals surface area contributed by atoms with Crippen LogP contribution < -0.4 is 0 Å². The van der Waals surface area contributed by atoms with E-state index in [1.54, 1.807) is 0 Å². The number of rotatable bonds is 0. The first-order chi connectivity index (χ1) is 2.00. The van der Waals surface area contributed by atoms with Gasteiger partial charge in [-0.15, -0.1) is 0 Å². The second-order valence-corrected chi connectivity index (χ2v) is 1.63. The molecule has 0 aromatic heterocycles. The zero-order valence-electron chi connectivity index (χ0n) is 2.46. The van der Waals surface area contributed by atoms with Crippen molar-refractivity contribution in [2.24, 2.45) is 0 Å². The van der Waals surface area contributed by atoms with Gasteiger partial charge in [0.15, 0.2) is 0 Å². The van der Waals surface area contributed by atoms with Gasteiger partial charge in [0.2, 0.25) is 0 Å². The van der Waals surface area contributed by atoms with E-state index in [2.05, 4.69) is 0 Å². The van der Waals surface area contributed by atoms with Crippen LogP contribution in [0.1, 0.15) is 0 Å². The Labute approximate surface area is 95.4 Å². The van der Waals surface area contributed by atoms with Crippen LogP contribution in [0.2, 0.25) is 0 Å². The molecule has 0 saturated carbocycles. The quantitative estimate of drug-likeness (QED) is 0.492. The fourth-order valence-corrected chi connectivity index (χ4v) is 0. The Morgan fingerprint density at radius 1 is 1.14 bits per heavy atom. The number of hydrogen-bond donors (Lipinski definition) is 1. The van der Waals surface area contributed by atoms with E-state index >= 15 is 0 Å². The fourth-order valence-electron chi connectivity index (χ4n) is 0. The average Bonchev–Trinajstić information content (AvgIpc) is 0.722. The molecule has 40 valence electrons. The van der Waals surface area contributed by atoms with Gasteiger partial charge < -0.3 is 0 Å². The summed E-state index contributed by atoms with van der Waals surface area (Å²) in [5.74, 6) is 0. The average molecular weight is 212 g/mol. The Morgan fingerprint density at radius 3 is 1.14 bits per heavy atom. The van der Waals surface area contributed by atoms with E-state index in [4.69, 9.17) is 15.7 Å². The molecule has 0 saturated heterocycles. The van der Waals surface area contributed by atoms with Crippen LogP contribution in [0.4, 0.5) is 0 Å². The molecule has 0 aliphatic rings. The molecule has 0 amide bonds. The van der Waals surface area contributed by atoms with Gasteiger partial charge in [-0.1, -0.05) is 0 Å². The van der Waals surface area contributed by atoms with Crippen LogP contribution in [-0.2, 0) is 41.8 Å². The Bertz CT molecular complexity index is 133. The SMILES string of the molecule is [Cr].[KH].[O]=[Mn](=[O])(=[O])[OH]. The standard InChI is InChI=1S/Cr.K.Mn.H2O.3O.H/h;;;1H2;;;;/q;;+1;;;;;/p-1. The van der Waals surface area contributed by atoms with Crippen molar-refractivity contribution in [1.29, 1.82) is 0 Å². The molecular weight excluding hydrogens is 210 g/mol. The third-order valence-corrected chi connectivity index (χ3v) is 0. The minimum atomic E-state index is -5.38. The summed E-state index contributed by atoms with van der Waals surface area (Å²) in [6.45, 7) is 0. The van der Waals surface area contributed by atoms with Gasteiger partial charge in [0.1, 0.15) is 0 Å². The molecule has 0 aliphatic heterocycles. The molecule has 0 bridgehead atoms. The molecule has 0 unspecified atom stereocenters. The molecule has 7 heteroatoms. The van der Waals surface area contributed by atoms with E-state index in [0.29, 0.717) is 0 Å². The van der Waals surface area contributed by atoms with Crippen molar-refractivity contribution in [2.75, 3.05) is 0 Å². The monoisotopic (exact) mass is 212 g/mol. The van der Waals surface area contributed by atoms with Crippen molar-refractivity contribution in [1.82, 2.24) is 0 Å². The minimum absolute atomic E-state index is 0. The first kappa shape index (κ1) is 16.0. The van der Waals surface area contributed by atoms with Crippen molar-refractivity contribution >= 4 is 51.4 Å². The molecule has 1 N–H and O–H groups in total. The van der Waals surface area contributed by atoms with Crippen LogP contribution in [0.15, 0.2) is 0 Å². The molecule has 0 atom stereocenters. The van der Waals surface area contributed by atoms with Gasteiger partial charge in [-0.3, -0.25) is 0 Å². The van der Waals surface area contributed by atoms with Crippen LogP contribution in [-0.4, -0.2) is 55.6 Å². The van der Waals surface area contributed by atoms with Crippen LogP contribution in [0.3, 0.4) is 0 Å². The molecule has 4 nitrogen and oxygen atoms in total. The Morgan fingerprint density at radius 2 is 1.14 bits per heavy atom. The van der Waals surface area contributed by atoms with E-state index in [1.807, 2.05) is 0 Å². The summed E-state index contributed by atoms with van der Waals surface area (Å²) >= 11 is -5.38. The zero-order valence-corrected chi connectivity index (χ0v) is 4.91. The predicted molar refractivity (Wildman–Crippen MR) is 11.4 cm³/mol. The van der Waals surface area contributed by atoms with E-state index in [-0.39, 0.29) is 68.7 Å². The third kappa shape index (κ3) is 70.2. The second-order valence-electron chi connectivity index (χ2n) is 0.396. The zero-order chi connectivity index (χ0) is 4.50. The molecule has 0 aromatic carbocycles. The van der Waals surface area contributed by atoms with Crippen molar-refractivity contribution in [3.63, 3.8) is 0 Å². The molecule has 0 spiro atoms. The second kappa shape index (κ2) is 6.17. The van der Waals surface area contributed by atoms with Crippen molar-refractivity contribution < 1.29 is 46.0 Å². The predicted octanol–water partition coefficient (Wildman–Crippen LogP) is -1.57. The molecule has 0 heterocycles. The molecule has 0 aromatic rings. The van der Waals surface area contributed by atoms with Crippen LogP contribution in [0, 0.1) is 0 Å². The molecule has 7 heavy (non-hydrogen) atoms. The van der Waals surface area contributed by atoms with E-state index in [0.717, 1.165) is 0 Å². The topological polar surface area (TPSA) is 71.4 Å². The van der Waals surface area contributed by atoms with Gasteiger partial charge in [0.25, 0.3) is 0 Å². The van der Waals surface area contributed by atoms with Gasteiger partial charge in [-0.25, -0.2) is 0 Å². The Hall–Kier alpha value is 2.05. The Balaban J connectivity index is -0.0000000800. The number of hydrogen-bond acceptors (Lipinski definition) is 3. The van der Waals surface area contributed by atoms with Crippen molar-refractivity contribution in [3.05, 3.63) is 0 Å². The normalized spacial score (nSPS) is 8.14. The summed E-state index contributed by atoms with van der Waals surface area (Å²) in [6.07, 6.45) is 0. The summed E-state index contributed by atoms with van der Waals surface area (Å²) in [5.41, 5.74) is 0. The Kier molecular flexibility index (Phi) is 14.1. The first-order valence-electron chi connectivity index (χ1n) is 0.632. The third-order valence-electron chi connectivity index (χ3n) is 0.